The topological polar surface area (TPSA) is 86.8 Å². The van der Waals surface area contributed by atoms with E-state index in [4.69, 9.17) is 23.2 Å². The van der Waals surface area contributed by atoms with E-state index in [1.165, 1.54) is 35.2 Å². The molecule has 0 aliphatic carbocycles. The molecule has 2 amide bonds. The van der Waals surface area contributed by atoms with Crippen LogP contribution in [0.15, 0.2) is 76.1 Å². The number of nitrogens with one attached hydrogen (secondary N) is 1. The number of nitrogens with zero attached hydrogens (tertiary/aromatic N) is 2. The second kappa shape index (κ2) is 13.7. The van der Waals surface area contributed by atoms with Gasteiger partial charge >= 0.3 is 0 Å². The molecule has 0 unspecified atom stereocenters. The van der Waals surface area contributed by atoms with Gasteiger partial charge in [0.25, 0.3) is 10.0 Å². The van der Waals surface area contributed by atoms with Gasteiger partial charge in [0, 0.05) is 22.6 Å². The highest BCUT2D eigenvalue weighted by molar-refractivity contribution is 9.10. The maximum Gasteiger partial charge on any atom is 0.264 e. The maximum absolute atomic E-state index is 13.9. The minimum absolute atomic E-state index is 0.00913. The molecule has 0 saturated heterocycles. The van der Waals surface area contributed by atoms with Crippen LogP contribution in [0.3, 0.4) is 0 Å². The highest BCUT2D eigenvalue weighted by atomic mass is 79.9. The summed E-state index contributed by atoms with van der Waals surface area (Å²) in [4.78, 5) is 28.2. The first-order valence-electron chi connectivity index (χ1n) is 12.3. The molecular formula is C28H30BrCl2N3O4S. The number of benzene rings is 3. The van der Waals surface area contributed by atoms with Crippen molar-refractivity contribution in [1.82, 2.24) is 10.2 Å². The lowest BCUT2D eigenvalue weighted by molar-refractivity contribution is -0.139. The highest BCUT2D eigenvalue weighted by Crippen LogP contribution is 2.33. The van der Waals surface area contributed by atoms with Crippen LogP contribution < -0.4 is 9.62 Å². The molecule has 0 heterocycles. The SMILES string of the molecule is CCCNC(=O)[C@H](C)N(Cc1ccc(Br)cc1)C(=O)CN(c1cc(Cl)ccc1Cl)S(=O)(=O)c1ccc(C)cc1. The van der Waals surface area contributed by atoms with Gasteiger partial charge in [-0.1, -0.05) is 75.9 Å². The molecule has 0 aliphatic heterocycles. The van der Waals surface area contributed by atoms with E-state index in [-0.39, 0.29) is 33.1 Å². The lowest BCUT2D eigenvalue weighted by Crippen LogP contribution is -2.51. The average Bonchev–Trinajstić information content (AvgIpc) is 2.91. The molecular weight excluding hydrogens is 625 g/mol. The summed E-state index contributed by atoms with van der Waals surface area (Å²) < 4.78 is 29.6. The molecule has 0 bridgehead atoms. The van der Waals surface area contributed by atoms with Gasteiger partial charge < -0.3 is 10.2 Å². The zero-order valence-electron chi connectivity index (χ0n) is 21.8. The summed E-state index contributed by atoms with van der Waals surface area (Å²) in [5.41, 5.74) is 1.71. The van der Waals surface area contributed by atoms with Crippen molar-refractivity contribution >= 4 is 66.7 Å². The van der Waals surface area contributed by atoms with Gasteiger partial charge in [0.15, 0.2) is 0 Å². The number of sulfonamides is 1. The summed E-state index contributed by atoms with van der Waals surface area (Å²) in [6, 6.07) is 17.2. The number of amides is 2. The van der Waals surface area contributed by atoms with Crippen LogP contribution in [0.1, 0.15) is 31.4 Å². The fraction of sp³-hybridized carbons (Fsp3) is 0.286. The Kier molecular flexibility index (Phi) is 10.8. The lowest BCUT2D eigenvalue weighted by atomic mass is 10.1. The third-order valence-electron chi connectivity index (χ3n) is 6.05. The third kappa shape index (κ3) is 7.97. The van der Waals surface area contributed by atoms with Crippen LogP contribution in [-0.2, 0) is 26.2 Å². The highest BCUT2D eigenvalue weighted by Gasteiger charge is 2.33. The molecule has 0 radical (unpaired) electrons. The standard InChI is InChI=1S/C28H30BrCl2N3O4S/c1-4-15-32-28(36)20(3)33(17-21-7-9-22(29)10-8-21)27(35)18-34(26-16-23(30)11-14-25(26)31)39(37,38)24-12-5-19(2)6-13-24/h5-14,16,20H,4,15,17-18H2,1-3H3,(H,32,36)/t20-/m0/s1. The average molecular weight is 655 g/mol. The molecule has 1 N–H and O–H groups in total. The van der Waals surface area contributed by atoms with Crippen molar-refractivity contribution in [2.24, 2.45) is 0 Å². The predicted octanol–water partition coefficient (Wildman–Crippen LogP) is 6.20. The van der Waals surface area contributed by atoms with Crippen LogP contribution in [0.4, 0.5) is 5.69 Å². The Labute approximate surface area is 248 Å². The molecule has 11 heteroatoms. The van der Waals surface area contributed by atoms with E-state index in [2.05, 4.69) is 21.2 Å². The van der Waals surface area contributed by atoms with Gasteiger partial charge in [0.05, 0.1) is 15.6 Å². The third-order valence-corrected chi connectivity index (χ3v) is 8.90. The molecule has 39 heavy (non-hydrogen) atoms. The van der Waals surface area contributed by atoms with Crippen molar-refractivity contribution in [3.05, 3.63) is 92.4 Å². The minimum Gasteiger partial charge on any atom is -0.354 e. The van der Waals surface area contributed by atoms with Gasteiger partial charge in [-0.3, -0.25) is 13.9 Å². The number of aryl methyl sites for hydroxylation is 1. The van der Waals surface area contributed by atoms with Gasteiger partial charge in [-0.05, 0) is 68.3 Å². The normalized spacial score (nSPS) is 12.1. The van der Waals surface area contributed by atoms with E-state index >= 15 is 0 Å². The Bertz CT molecular complexity index is 1420. The Morgan fingerprint density at radius 3 is 2.26 bits per heavy atom. The smallest absolute Gasteiger partial charge is 0.264 e. The van der Waals surface area contributed by atoms with Crippen molar-refractivity contribution in [2.75, 3.05) is 17.4 Å². The maximum atomic E-state index is 13.9. The Hall–Kier alpha value is -2.59. The van der Waals surface area contributed by atoms with Crippen LogP contribution in [0.25, 0.3) is 0 Å². The first-order valence-corrected chi connectivity index (χ1v) is 15.3. The Morgan fingerprint density at radius 1 is 1.00 bits per heavy atom. The number of carbonyl (C=O) groups is 2. The van der Waals surface area contributed by atoms with Crippen molar-refractivity contribution < 1.29 is 18.0 Å². The number of halogens is 3. The Morgan fingerprint density at radius 2 is 1.64 bits per heavy atom. The predicted molar refractivity (Wildman–Crippen MR) is 160 cm³/mol. The van der Waals surface area contributed by atoms with Crippen molar-refractivity contribution in [2.45, 2.75) is 44.7 Å². The molecule has 7 nitrogen and oxygen atoms in total. The molecule has 0 aliphatic rings. The zero-order chi connectivity index (χ0) is 28.7. The van der Waals surface area contributed by atoms with Gasteiger partial charge in [0.1, 0.15) is 12.6 Å². The summed E-state index contributed by atoms with van der Waals surface area (Å²) in [5.74, 6) is -0.917. The van der Waals surface area contributed by atoms with Crippen LogP contribution >= 0.6 is 39.1 Å². The van der Waals surface area contributed by atoms with E-state index in [1.807, 2.05) is 38.1 Å². The van der Waals surface area contributed by atoms with E-state index < -0.39 is 28.5 Å². The van der Waals surface area contributed by atoms with Gasteiger partial charge in [0.2, 0.25) is 11.8 Å². The van der Waals surface area contributed by atoms with Crippen molar-refractivity contribution in [1.29, 1.82) is 0 Å². The van der Waals surface area contributed by atoms with Crippen LogP contribution in [0, 0.1) is 6.92 Å². The van der Waals surface area contributed by atoms with E-state index in [9.17, 15) is 18.0 Å². The molecule has 0 saturated carbocycles. The quantitative estimate of drug-likeness (QED) is 0.267. The fourth-order valence-corrected chi connectivity index (χ4v) is 5.92. The summed E-state index contributed by atoms with van der Waals surface area (Å²) >= 11 is 16.0. The summed E-state index contributed by atoms with van der Waals surface area (Å²) in [6.07, 6.45) is 0.731. The molecule has 3 aromatic carbocycles. The second-order valence-corrected chi connectivity index (χ2v) is 12.7. The number of carbonyl (C=O) groups excluding carboxylic acids is 2. The second-order valence-electron chi connectivity index (χ2n) is 9.04. The van der Waals surface area contributed by atoms with Crippen LogP contribution in [0.5, 0.6) is 0 Å². The van der Waals surface area contributed by atoms with E-state index in [1.54, 1.807) is 19.1 Å². The summed E-state index contributed by atoms with van der Waals surface area (Å²) in [5, 5.41) is 3.18. The molecule has 0 aromatic heterocycles. The molecule has 1 atom stereocenters. The zero-order valence-corrected chi connectivity index (χ0v) is 25.7. The number of rotatable bonds is 11. The van der Waals surface area contributed by atoms with E-state index in [0.717, 1.165) is 26.3 Å². The number of anilines is 1. The summed E-state index contributed by atoms with van der Waals surface area (Å²) in [7, 11) is -4.24. The summed E-state index contributed by atoms with van der Waals surface area (Å²) in [6.45, 7) is 5.34. The lowest BCUT2D eigenvalue weighted by Gasteiger charge is -2.32. The van der Waals surface area contributed by atoms with Gasteiger partial charge in [-0.15, -0.1) is 0 Å². The van der Waals surface area contributed by atoms with E-state index in [0.29, 0.717) is 6.54 Å². The van der Waals surface area contributed by atoms with Gasteiger partial charge in [-0.25, -0.2) is 8.42 Å². The first-order chi connectivity index (χ1) is 18.4. The largest absolute Gasteiger partial charge is 0.354 e. The molecule has 3 rings (SSSR count). The fourth-order valence-electron chi connectivity index (χ4n) is 3.79. The minimum atomic E-state index is -4.24. The van der Waals surface area contributed by atoms with Gasteiger partial charge in [-0.2, -0.15) is 0 Å². The number of hydrogen-bond acceptors (Lipinski definition) is 4. The van der Waals surface area contributed by atoms with Crippen molar-refractivity contribution in [3.8, 4) is 0 Å². The van der Waals surface area contributed by atoms with Crippen LogP contribution in [0.2, 0.25) is 10.0 Å². The monoisotopic (exact) mass is 653 g/mol. The Balaban J connectivity index is 2.05. The van der Waals surface area contributed by atoms with Crippen LogP contribution in [-0.4, -0.2) is 44.3 Å². The van der Waals surface area contributed by atoms with Crippen molar-refractivity contribution in [3.63, 3.8) is 0 Å². The number of hydrogen-bond donors (Lipinski definition) is 1. The first kappa shape index (κ1) is 30.9. The molecule has 208 valence electrons. The molecule has 0 spiro atoms. The molecule has 3 aromatic rings. The molecule has 0 fully saturated rings.